The molecule has 0 aromatic rings. The van der Waals surface area contributed by atoms with Crippen LogP contribution in [0.1, 0.15) is 79.1 Å². The van der Waals surface area contributed by atoms with Gasteiger partial charge in [-0.3, -0.25) is 0 Å². The van der Waals surface area contributed by atoms with Gasteiger partial charge in [-0.25, -0.2) is 8.42 Å². The van der Waals surface area contributed by atoms with Crippen molar-refractivity contribution in [1.82, 2.24) is 0 Å². The Morgan fingerprint density at radius 3 is 1.25 bits per heavy atom. The lowest BCUT2D eigenvalue weighted by Gasteiger charge is -2.39. The fraction of sp³-hybridized carbons (Fsp3) is 1.00. The first-order valence-electron chi connectivity index (χ1n) is 9.75. The highest BCUT2D eigenvalue weighted by Gasteiger charge is 2.24. The normalized spacial score (nSPS) is 12.5. The van der Waals surface area contributed by atoms with Crippen molar-refractivity contribution in [2.24, 2.45) is 0 Å². The maximum atomic E-state index is 10.1. The summed E-state index contributed by atoms with van der Waals surface area (Å²) in [6, 6.07) is 0. The third kappa shape index (κ3) is 18.5. The minimum absolute atomic E-state index is 0.892. The fourth-order valence-corrected chi connectivity index (χ4v) is 3.47. The molecule has 9 nitrogen and oxygen atoms in total. The van der Waals surface area contributed by atoms with Gasteiger partial charge in [-0.05, 0) is 25.7 Å². The molecule has 12 heteroatoms. The quantitative estimate of drug-likeness (QED) is 0.0693. The van der Waals surface area contributed by atoms with Crippen LogP contribution in [0, 0.1) is 0 Å². The minimum atomic E-state index is -5.20. The number of rotatable bonds is 16. The van der Waals surface area contributed by atoms with Crippen LogP contribution in [0.2, 0.25) is 0 Å². The van der Waals surface area contributed by atoms with Crippen LogP contribution in [0.4, 0.5) is 0 Å². The summed E-state index contributed by atoms with van der Waals surface area (Å²) in [4.78, 5) is 0. The monoisotopic (exact) mass is 561 g/mol. The number of unbranched alkanes of at least 4 members (excludes halogenated alkanes) is 4. The first kappa shape index (κ1) is 30.6. The van der Waals surface area contributed by atoms with Crippen LogP contribution in [0.25, 0.3) is 0 Å². The highest BCUT2D eigenvalue weighted by atomic mass is 127. The van der Waals surface area contributed by atoms with Gasteiger partial charge in [0.25, 0.3) is 0 Å². The number of hydrogen-bond donors (Lipinski definition) is 0. The van der Waals surface area contributed by atoms with Crippen LogP contribution in [-0.2, 0) is 32.0 Å². The Morgan fingerprint density at radius 1 is 0.714 bits per heavy atom. The molecule has 0 atom stereocenters. The Bertz CT molecular complexity index is 532. The molecule has 0 aliphatic rings. The zero-order valence-corrected chi connectivity index (χ0v) is 21.2. The third-order valence-electron chi connectivity index (χ3n) is 4.22. The van der Waals surface area contributed by atoms with E-state index < -0.39 is 20.8 Å². The molecule has 0 N–H and O–H groups in total. The predicted molar refractivity (Wildman–Crippen MR) is 115 cm³/mol. The molecule has 0 fully saturated rings. The average Bonchev–Trinajstić information content (AvgIpc) is 2.65. The molecule has 0 bridgehead atoms. The van der Waals surface area contributed by atoms with E-state index in [2.05, 4.69) is 38.9 Å². The highest BCUT2D eigenvalue weighted by Crippen LogP contribution is 2.16. The molecular weight excluding hydrogens is 525 g/mol. The second-order valence-electron chi connectivity index (χ2n) is 6.67. The van der Waals surface area contributed by atoms with Gasteiger partial charge in [0, 0.05) is 0 Å². The van der Waals surface area contributed by atoms with E-state index >= 15 is 0 Å². The lowest BCUT2D eigenvalue weighted by atomic mass is 10.1. The topological polar surface area (TPSA) is 119 Å². The second-order valence-corrected chi connectivity index (χ2v) is 9.78. The molecule has 0 rings (SSSR count). The zero-order chi connectivity index (χ0) is 22.1. The Labute approximate surface area is 185 Å². The van der Waals surface area contributed by atoms with E-state index in [1.807, 2.05) is 0 Å². The second kappa shape index (κ2) is 17.1. The first-order chi connectivity index (χ1) is 13.0. The SMILES string of the molecule is CCCC[N+](CCCC)(CCCC)CCCC.O=S(=O)([O-])OOS(=O)(=O)OI. The van der Waals surface area contributed by atoms with Crippen molar-refractivity contribution in [3.63, 3.8) is 0 Å². The lowest BCUT2D eigenvalue weighted by Crippen LogP contribution is -2.50. The van der Waals surface area contributed by atoms with Crippen molar-refractivity contribution in [2.45, 2.75) is 79.1 Å². The van der Waals surface area contributed by atoms with Crippen LogP contribution in [0.15, 0.2) is 0 Å². The van der Waals surface area contributed by atoms with Gasteiger partial charge < -0.3 is 9.04 Å². The van der Waals surface area contributed by atoms with Crippen molar-refractivity contribution in [2.75, 3.05) is 26.2 Å². The maximum absolute atomic E-state index is 10.1. The molecule has 0 amide bonds. The standard InChI is InChI=1S/C16H36N.HIO8S2/c1-5-9-13-17(14-10-6-2,15-11-7-3)16-12-8-4;1-7-11(5,6)9-8-10(2,3)4/h5-16H2,1-4H3;(H,2,3,4)/q+1;/p-1. The Hall–Kier alpha value is 0.430. The van der Waals surface area contributed by atoms with E-state index in [0.29, 0.717) is 0 Å². The summed E-state index contributed by atoms with van der Waals surface area (Å²) in [5, 5.41) is 0. The van der Waals surface area contributed by atoms with Gasteiger partial charge in [-0.2, -0.15) is 10.9 Å². The van der Waals surface area contributed by atoms with Crippen LogP contribution in [0.3, 0.4) is 0 Å². The van der Waals surface area contributed by atoms with Crippen LogP contribution in [0.5, 0.6) is 0 Å². The number of quaternary nitrogens is 1. The fourth-order valence-electron chi connectivity index (χ4n) is 2.72. The molecule has 0 unspecified atom stereocenters. The van der Waals surface area contributed by atoms with Crippen molar-refractivity contribution in [3.05, 3.63) is 0 Å². The molecule has 172 valence electrons. The molecule has 0 aliphatic heterocycles. The van der Waals surface area contributed by atoms with Crippen LogP contribution in [-0.4, -0.2) is 52.1 Å². The van der Waals surface area contributed by atoms with Crippen molar-refractivity contribution >= 4 is 43.8 Å². The van der Waals surface area contributed by atoms with Gasteiger partial charge >= 0.3 is 10.4 Å². The van der Waals surface area contributed by atoms with Gasteiger partial charge in [0.2, 0.25) is 10.4 Å². The maximum Gasteiger partial charge on any atom is 0.436 e. The zero-order valence-electron chi connectivity index (χ0n) is 17.4. The molecule has 28 heavy (non-hydrogen) atoms. The van der Waals surface area contributed by atoms with Crippen LogP contribution < -0.4 is 0 Å². The summed E-state index contributed by atoms with van der Waals surface area (Å²) in [6.45, 7) is 15.0. The van der Waals surface area contributed by atoms with Gasteiger partial charge in [0.1, 0.15) is 23.0 Å². The molecule has 0 heterocycles. The molecular formula is C16H36INO8S2. The van der Waals surface area contributed by atoms with Gasteiger partial charge in [0.05, 0.1) is 26.2 Å². The third-order valence-corrected chi connectivity index (χ3v) is 6.25. The smallest absolute Gasteiger partial charge is 0.436 e. The molecule has 0 aliphatic carbocycles. The summed E-state index contributed by atoms with van der Waals surface area (Å²) < 4.78 is 59.8. The van der Waals surface area contributed by atoms with E-state index in [0.717, 1.165) is 23.0 Å². The molecule has 0 aromatic heterocycles. The van der Waals surface area contributed by atoms with Gasteiger partial charge in [0.15, 0.2) is 0 Å². The minimum Gasteiger partial charge on any atom is -0.724 e. The van der Waals surface area contributed by atoms with Crippen molar-refractivity contribution < 1.29 is 37.1 Å². The molecule has 0 aromatic carbocycles. The van der Waals surface area contributed by atoms with E-state index in [1.165, 1.54) is 82.0 Å². The number of nitrogens with zero attached hydrogens (tertiary/aromatic N) is 1. The summed E-state index contributed by atoms with van der Waals surface area (Å²) in [6.07, 6.45) is 11.1. The number of halogens is 1. The first-order valence-corrected chi connectivity index (χ1v) is 13.3. The summed E-state index contributed by atoms with van der Waals surface area (Å²) in [7, 11) is -9.77. The molecule has 0 saturated heterocycles. The van der Waals surface area contributed by atoms with Gasteiger partial charge in [-0.1, -0.05) is 62.0 Å². The lowest BCUT2D eigenvalue weighted by molar-refractivity contribution is -0.929. The Morgan fingerprint density at radius 2 is 1.04 bits per heavy atom. The van der Waals surface area contributed by atoms with E-state index in [1.54, 1.807) is 0 Å². The van der Waals surface area contributed by atoms with E-state index in [4.69, 9.17) is 0 Å². The van der Waals surface area contributed by atoms with E-state index in [9.17, 15) is 21.4 Å². The predicted octanol–water partition coefficient (Wildman–Crippen LogP) is 4.01. The Balaban J connectivity index is 0. The summed E-state index contributed by atoms with van der Waals surface area (Å²) >= 11 is 0.892. The highest BCUT2D eigenvalue weighted by molar-refractivity contribution is 14.1. The van der Waals surface area contributed by atoms with E-state index in [-0.39, 0.29) is 0 Å². The van der Waals surface area contributed by atoms with Crippen LogP contribution >= 0.6 is 23.0 Å². The Kier molecular flexibility index (Phi) is 18.8. The molecule has 0 radical (unpaired) electrons. The summed E-state index contributed by atoms with van der Waals surface area (Å²) in [5.74, 6) is 0. The van der Waals surface area contributed by atoms with Crippen molar-refractivity contribution in [3.8, 4) is 0 Å². The average molecular weight is 562 g/mol. The van der Waals surface area contributed by atoms with Crippen molar-refractivity contribution in [1.29, 1.82) is 0 Å². The largest absolute Gasteiger partial charge is 0.724 e. The summed E-state index contributed by atoms with van der Waals surface area (Å²) in [5.41, 5.74) is 0. The van der Waals surface area contributed by atoms with Gasteiger partial charge in [-0.15, -0.1) is 0 Å². The number of hydrogen-bond acceptors (Lipinski definition) is 8. The molecule has 0 saturated carbocycles. The molecule has 0 spiro atoms.